The number of benzene rings is 1. The number of likely N-dealkylation sites (N-methyl/N-ethyl adjacent to an activating group) is 1. The molecule has 21 heavy (non-hydrogen) atoms. The molecular formula is C15H19BrFNO3. The molecule has 1 aliphatic rings. The largest absolute Gasteiger partial charge is 0.481 e. The lowest BCUT2D eigenvalue weighted by Gasteiger charge is -2.28. The van der Waals surface area contributed by atoms with E-state index in [1.807, 2.05) is 0 Å². The van der Waals surface area contributed by atoms with Crippen molar-refractivity contribution < 1.29 is 19.0 Å². The van der Waals surface area contributed by atoms with Gasteiger partial charge in [0.05, 0.1) is 5.60 Å². The van der Waals surface area contributed by atoms with Gasteiger partial charge in [-0.1, -0.05) is 28.8 Å². The van der Waals surface area contributed by atoms with Gasteiger partial charge in [0.1, 0.15) is 0 Å². The van der Waals surface area contributed by atoms with Crippen LogP contribution in [0.5, 0.6) is 5.75 Å². The maximum atomic E-state index is 13.6. The van der Waals surface area contributed by atoms with E-state index in [1.165, 1.54) is 17.0 Å². The Kier molecular flexibility index (Phi) is 5.22. The van der Waals surface area contributed by atoms with Crippen molar-refractivity contribution in [3.8, 4) is 5.75 Å². The Labute approximate surface area is 132 Å². The Bertz CT molecular complexity index is 518. The van der Waals surface area contributed by atoms with Gasteiger partial charge in [0.25, 0.3) is 5.91 Å². The third-order valence-electron chi connectivity index (χ3n) is 3.74. The number of ether oxygens (including phenoxy) is 1. The quantitative estimate of drug-likeness (QED) is 0.879. The minimum absolute atomic E-state index is 0.0412. The molecule has 2 rings (SSSR count). The fourth-order valence-corrected chi connectivity index (χ4v) is 2.90. The van der Waals surface area contributed by atoms with Crippen LogP contribution in [-0.2, 0) is 4.79 Å². The molecule has 0 radical (unpaired) electrons. The Morgan fingerprint density at radius 2 is 2.14 bits per heavy atom. The fourth-order valence-electron chi connectivity index (χ4n) is 2.56. The van der Waals surface area contributed by atoms with Gasteiger partial charge in [0.15, 0.2) is 18.2 Å². The fraction of sp³-hybridized carbons (Fsp3) is 0.533. The Balaban J connectivity index is 1.86. The third kappa shape index (κ3) is 4.41. The zero-order valence-corrected chi connectivity index (χ0v) is 13.5. The van der Waals surface area contributed by atoms with E-state index < -0.39 is 11.4 Å². The normalized spacial score (nSPS) is 16.8. The van der Waals surface area contributed by atoms with Gasteiger partial charge in [0, 0.05) is 18.1 Å². The smallest absolute Gasteiger partial charge is 0.260 e. The van der Waals surface area contributed by atoms with Crippen LogP contribution in [0.3, 0.4) is 0 Å². The molecule has 116 valence electrons. The third-order valence-corrected chi connectivity index (χ3v) is 4.23. The lowest BCUT2D eigenvalue weighted by Crippen LogP contribution is -2.43. The highest BCUT2D eigenvalue weighted by molar-refractivity contribution is 9.10. The highest BCUT2D eigenvalue weighted by Gasteiger charge is 2.33. The van der Waals surface area contributed by atoms with Crippen LogP contribution in [0.15, 0.2) is 22.7 Å². The van der Waals surface area contributed by atoms with Crippen LogP contribution in [0.4, 0.5) is 4.39 Å². The van der Waals surface area contributed by atoms with Crippen molar-refractivity contribution in [2.45, 2.75) is 31.3 Å². The van der Waals surface area contributed by atoms with E-state index in [0.29, 0.717) is 17.3 Å². The number of hydrogen-bond acceptors (Lipinski definition) is 3. The molecule has 6 heteroatoms. The van der Waals surface area contributed by atoms with Gasteiger partial charge in [0.2, 0.25) is 0 Å². The summed E-state index contributed by atoms with van der Waals surface area (Å²) in [4.78, 5) is 13.4. The number of rotatable bonds is 5. The van der Waals surface area contributed by atoms with Crippen LogP contribution in [-0.4, -0.2) is 41.7 Å². The van der Waals surface area contributed by atoms with E-state index in [2.05, 4.69) is 15.9 Å². The number of amides is 1. The van der Waals surface area contributed by atoms with Crippen molar-refractivity contribution in [3.05, 3.63) is 28.5 Å². The van der Waals surface area contributed by atoms with Gasteiger partial charge in [-0.15, -0.1) is 0 Å². The topological polar surface area (TPSA) is 49.8 Å². The number of hydrogen-bond donors (Lipinski definition) is 1. The molecule has 0 atom stereocenters. The summed E-state index contributed by atoms with van der Waals surface area (Å²) in [6.07, 6.45) is 3.40. The number of nitrogens with zero attached hydrogens (tertiary/aromatic N) is 1. The van der Waals surface area contributed by atoms with Crippen molar-refractivity contribution in [1.29, 1.82) is 0 Å². The van der Waals surface area contributed by atoms with Gasteiger partial charge in [-0.05, 0) is 31.0 Å². The summed E-state index contributed by atoms with van der Waals surface area (Å²) in [7, 11) is 1.62. The molecule has 0 saturated heterocycles. The molecule has 1 fully saturated rings. The molecule has 4 nitrogen and oxygen atoms in total. The molecule has 1 saturated carbocycles. The molecule has 1 N–H and O–H groups in total. The average molecular weight is 360 g/mol. The van der Waals surface area contributed by atoms with Crippen LogP contribution < -0.4 is 4.74 Å². The maximum Gasteiger partial charge on any atom is 0.260 e. The molecule has 0 aromatic heterocycles. The van der Waals surface area contributed by atoms with Crippen molar-refractivity contribution in [2.75, 3.05) is 20.2 Å². The molecule has 1 aromatic carbocycles. The van der Waals surface area contributed by atoms with Crippen LogP contribution in [0.25, 0.3) is 0 Å². The van der Waals surface area contributed by atoms with E-state index >= 15 is 0 Å². The van der Waals surface area contributed by atoms with Gasteiger partial charge in [-0.2, -0.15) is 0 Å². The van der Waals surface area contributed by atoms with Crippen molar-refractivity contribution >= 4 is 21.8 Å². The van der Waals surface area contributed by atoms with Crippen molar-refractivity contribution in [3.63, 3.8) is 0 Å². The molecule has 1 aliphatic carbocycles. The van der Waals surface area contributed by atoms with Crippen molar-refractivity contribution in [1.82, 2.24) is 4.90 Å². The van der Waals surface area contributed by atoms with E-state index in [4.69, 9.17) is 4.74 Å². The van der Waals surface area contributed by atoms with E-state index in [1.54, 1.807) is 13.1 Å². The van der Waals surface area contributed by atoms with Crippen molar-refractivity contribution in [2.24, 2.45) is 0 Å². The summed E-state index contributed by atoms with van der Waals surface area (Å²) in [6.45, 7) is 0.0448. The molecule has 1 amide bonds. The Morgan fingerprint density at radius 1 is 1.48 bits per heavy atom. The highest BCUT2D eigenvalue weighted by atomic mass is 79.9. The molecule has 0 unspecified atom stereocenters. The zero-order chi connectivity index (χ0) is 15.5. The first kappa shape index (κ1) is 16.2. The van der Waals surface area contributed by atoms with Crippen LogP contribution in [0.2, 0.25) is 0 Å². The molecule has 0 spiro atoms. The average Bonchev–Trinajstić information content (AvgIpc) is 2.83. The molecule has 0 heterocycles. The van der Waals surface area contributed by atoms with Gasteiger partial charge in [-0.3, -0.25) is 4.79 Å². The number of carbonyl (C=O) groups excluding carboxylic acids is 1. The summed E-state index contributed by atoms with van der Waals surface area (Å²) in [6, 6.07) is 4.40. The number of aliphatic hydroxyl groups is 1. The summed E-state index contributed by atoms with van der Waals surface area (Å²) >= 11 is 3.16. The maximum absolute atomic E-state index is 13.6. The second-order valence-electron chi connectivity index (χ2n) is 5.54. The summed E-state index contributed by atoms with van der Waals surface area (Å²) in [5.41, 5.74) is -0.784. The minimum Gasteiger partial charge on any atom is -0.481 e. The summed E-state index contributed by atoms with van der Waals surface area (Å²) < 4.78 is 19.4. The lowest BCUT2D eigenvalue weighted by molar-refractivity contribution is -0.135. The Morgan fingerprint density at radius 3 is 2.76 bits per heavy atom. The van der Waals surface area contributed by atoms with E-state index in [-0.39, 0.29) is 24.8 Å². The highest BCUT2D eigenvalue weighted by Crippen LogP contribution is 2.30. The van der Waals surface area contributed by atoms with E-state index in [0.717, 1.165) is 12.8 Å². The second-order valence-corrected chi connectivity index (χ2v) is 6.46. The van der Waals surface area contributed by atoms with Gasteiger partial charge in [-0.25, -0.2) is 4.39 Å². The van der Waals surface area contributed by atoms with Crippen LogP contribution in [0, 0.1) is 5.82 Å². The first-order valence-electron chi connectivity index (χ1n) is 6.94. The lowest BCUT2D eigenvalue weighted by atomic mass is 10.0. The Hall–Kier alpha value is -1.14. The van der Waals surface area contributed by atoms with Crippen LogP contribution >= 0.6 is 15.9 Å². The molecule has 1 aromatic rings. The van der Waals surface area contributed by atoms with Crippen LogP contribution in [0.1, 0.15) is 25.7 Å². The predicted molar refractivity (Wildman–Crippen MR) is 80.6 cm³/mol. The monoisotopic (exact) mass is 359 g/mol. The molecule has 0 aliphatic heterocycles. The summed E-state index contributed by atoms with van der Waals surface area (Å²) in [5.74, 6) is -0.758. The second kappa shape index (κ2) is 6.75. The van der Waals surface area contributed by atoms with E-state index in [9.17, 15) is 14.3 Å². The predicted octanol–water partition coefficient (Wildman–Crippen LogP) is 2.73. The van der Waals surface area contributed by atoms with Gasteiger partial charge >= 0.3 is 0 Å². The summed E-state index contributed by atoms with van der Waals surface area (Å²) in [5, 5.41) is 10.3. The minimum atomic E-state index is -0.784. The molecular weight excluding hydrogens is 341 g/mol. The first-order chi connectivity index (χ1) is 9.89. The van der Waals surface area contributed by atoms with Gasteiger partial charge < -0.3 is 14.7 Å². The number of halogens is 2. The first-order valence-corrected chi connectivity index (χ1v) is 7.73. The molecule has 0 bridgehead atoms. The zero-order valence-electron chi connectivity index (χ0n) is 11.9. The number of carbonyl (C=O) groups is 1. The SMILES string of the molecule is CN(CC1(O)CCCC1)C(=O)COc1ccc(Br)cc1F. The standard InChI is InChI=1S/C15H19BrFNO3/c1-18(10-15(20)6-2-3-7-15)14(19)9-21-13-5-4-11(16)8-12(13)17/h4-5,8,20H,2-3,6-7,9-10H2,1H3.